The van der Waals surface area contributed by atoms with E-state index in [-0.39, 0.29) is 23.9 Å². The maximum absolute atomic E-state index is 12.4. The van der Waals surface area contributed by atoms with Gasteiger partial charge in [0, 0.05) is 49.1 Å². The van der Waals surface area contributed by atoms with Crippen LogP contribution >= 0.6 is 0 Å². The fourth-order valence-corrected chi connectivity index (χ4v) is 4.90. The topological polar surface area (TPSA) is 150 Å². The standard InChI is InChI=1S/C15H30N4O.C14H28N4O/c1-10(2)14(20)13(19(5)11(3)4)7-6-12-8-9-17-15(16)18-12;1-9(2)13(19)12(17-10(3)4)6-5-11-7-8-16-14(15)18-11/h10-13H,6-9H2,1-5H3,(H3,16,17,18);9-12,17H,5-8H2,1-4H3,(H3,15,16,18)/t12?,13-;11?,12-/m11/s1. The molecule has 0 spiro atoms. The first-order chi connectivity index (χ1) is 18.2. The minimum Gasteiger partial charge on any atom is -0.370 e. The minimum atomic E-state index is -0.0538. The predicted molar refractivity (Wildman–Crippen MR) is 163 cm³/mol. The third kappa shape index (κ3) is 13.1. The highest BCUT2D eigenvalue weighted by Crippen LogP contribution is 2.17. The number of carbonyl (C=O) groups is 2. The molecular formula is C29H58N8O2. The summed E-state index contributed by atoms with van der Waals surface area (Å²) in [4.78, 5) is 35.0. The lowest BCUT2D eigenvalue weighted by molar-refractivity contribution is -0.127. The number of aliphatic imine (C=N–C) groups is 2. The zero-order chi connectivity index (χ0) is 29.7. The Bertz CT molecular complexity index is 809. The van der Waals surface area contributed by atoms with Gasteiger partial charge in [0.25, 0.3) is 0 Å². The summed E-state index contributed by atoms with van der Waals surface area (Å²) in [5.41, 5.74) is 11.4. The number of likely N-dealkylation sites (N-methyl/N-ethyl adjacent to an activating group) is 1. The summed E-state index contributed by atoms with van der Waals surface area (Å²) >= 11 is 0. The summed E-state index contributed by atoms with van der Waals surface area (Å²) in [6, 6.07) is 1.32. The Morgan fingerprint density at radius 2 is 1.31 bits per heavy atom. The van der Waals surface area contributed by atoms with Gasteiger partial charge in [-0.25, -0.2) is 0 Å². The lowest BCUT2D eigenvalue weighted by Crippen LogP contribution is -2.47. The van der Waals surface area contributed by atoms with E-state index in [1.807, 2.05) is 34.7 Å². The zero-order valence-corrected chi connectivity index (χ0v) is 26.1. The van der Waals surface area contributed by atoms with Crippen molar-refractivity contribution < 1.29 is 9.59 Å². The molecule has 10 nitrogen and oxygen atoms in total. The highest BCUT2D eigenvalue weighted by atomic mass is 16.1. The Balaban J connectivity index is 0.000000391. The van der Waals surface area contributed by atoms with Crippen molar-refractivity contribution in [2.45, 2.75) is 130 Å². The summed E-state index contributed by atoms with van der Waals surface area (Å²) in [6.07, 6.45) is 5.60. The molecule has 2 rings (SSSR count). The molecule has 0 radical (unpaired) electrons. The van der Waals surface area contributed by atoms with E-state index in [0.717, 1.165) is 51.6 Å². The number of nitrogens with zero attached hydrogens (tertiary/aromatic N) is 3. The smallest absolute Gasteiger partial charge is 0.188 e. The molecule has 0 aromatic carbocycles. The number of ketones is 2. The van der Waals surface area contributed by atoms with E-state index in [1.54, 1.807) is 0 Å². The highest BCUT2D eigenvalue weighted by molar-refractivity contribution is 5.86. The molecule has 0 saturated heterocycles. The van der Waals surface area contributed by atoms with Gasteiger partial charge in [-0.1, -0.05) is 41.5 Å². The largest absolute Gasteiger partial charge is 0.370 e. The van der Waals surface area contributed by atoms with Crippen molar-refractivity contribution in [2.75, 3.05) is 20.1 Å². The molecule has 0 aromatic heterocycles. The molecule has 7 N–H and O–H groups in total. The number of nitrogens with one attached hydrogen (secondary N) is 3. The van der Waals surface area contributed by atoms with Crippen molar-refractivity contribution in [3.8, 4) is 0 Å². The SMILES string of the molecule is CC(C)C(=O)[C@@H](CCC1CCN=C(N)N1)N(C)C(C)C.CC(C)N[C@H](CCC1CCN=C(N)N1)C(=O)C(C)C. The molecule has 0 aliphatic carbocycles. The van der Waals surface area contributed by atoms with Crippen LogP contribution in [0.15, 0.2) is 9.98 Å². The Morgan fingerprint density at radius 1 is 0.846 bits per heavy atom. The van der Waals surface area contributed by atoms with E-state index in [9.17, 15) is 9.59 Å². The summed E-state index contributed by atoms with van der Waals surface area (Å²) in [7, 11) is 2.04. The first kappa shape index (κ1) is 34.8. The Morgan fingerprint density at radius 3 is 1.69 bits per heavy atom. The molecule has 0 fully saturated rings. The van der Waals surface area contributed by atoms with Gasteiger partial charge in [0.2, 0.25) is 0 Å². The van der Waals surface area contributed by atoms with E-state index in [2.05, 4.69) is 58.5 Å². The first-order valence-corrected chi connectivity index (χ1v) is 14.9. The van der Waals surface area contributed by atoms with Gasteiger partial charge in [0.05, 0.1) is 12.1 Å². The van der Waals surface area contributed by atoms with E-state index in [4.69, 9.17) is 11.5 Å². The fourth-order valence-electron chi connectivity index (χ4n) is 4.90. The van der Waals surface area contributed by atoms with E-state index < -0.39 is 0 Å². The van der Waals surface area contributed by atoms with Gasteiger partial charge in [0.1, 0.15) is 0 Å². The van der Waals surface area contributed by atoms with Crippen molar-refractivity contribution in [2.24, 2.45) is 33.3 Å². The molecule has 226 valence electrons. The van der Waals surface area contributed by atoms with Crippen LogP contribution in [0.3, 0.4) is 0 Å². The normalized spacial score (nSPS) is 21.1. The van der Waals surface area contributed by atoms with Gasteiger partial charge in [-0.3, -0.25) is 24.5 Å². The number of hydrogen-bond donors (Lipinski definition) is 5. The predicted octanol–water partition coefficient (Wildman–Crippen LogP) is 2.41. The zero-order valence-electron chi connectivity index (χ0n) is 26.1. The number of guanidine groups is 2. The van der Waals surface area contributed by atoms with Crippen LogP contribution in [0.1, 0.15) is 93.9 Å². The third-order valence-electron chi connectivity index (χ3n) is 7.47. The van der Waals surface area contributed by atoms with Crippen LogP contribution in [0.25, 0.3) is 0 Å². The second-order valence-electron chi connectivity index (χ2n) is 12.2. The summed E-state index contributed by atoms with van der Waals surface area (Å²) in [5, 5.41) is 9.76. The monoisotopic (exact) mass is 550 g/mol. The number of rotatable bonds is 14. The van der Waals surface area contributed by atoms with E-state index in [1.165, 1.54) is 0 Å². The van der Waals surface area contributed by atoms with Crippen LogP contribution in [0.2, 0.25) is 0 Å². The lowest BCUT2D eigenvalue weighted by Gasteiger charge is -2.33. The number of nitrogens with two attached hydrogens (primary N) is 2. The maximum Gasteiger partial charge on any atom is 0.188 e. The van der Waals surface area contributed by atoms with E-state index in [0.29, 0.717) is 47.7 Å². The van der Waals surface area contributed by atoms with E-state index >= 15 is 0 Å². The molecule has 2 heterocycles. The van der Waals surface area contributed by atoms with Crippen LogP contribution in [0.5, 0.6) is 0 Å². The Labute approximate surface area is 237 Å². The molecule has 0 amide bonds. The van der Waals surface area contributed by atoms with Crippen molar-refractivity contribution in [1.29, 1.82) is 0 Å². The first-order valence-electron chi connectivity index (χ1n) is 14.9. The quantitative estimate of drug-likeness (QED) is 0.221. The van der Waals surface area contributed by atoms with Gasteiger partial charge >= 0.3 is 0 Å². The molecule has 10 heteroatoms. The Hall–Kier alpha value is -2.20. The average Bonchev–Trinajstić information content (AvgIpc) is 2.86. The molecule has 4 atom stereocenters. The molecule has 2 aliphatic rings. The molecule has 39 heavy (non-hydrogen) atoms. The number of Topliss-reactive ketones (excluding diaryl/α,β-unsaturated/α-hetero) is 2. The van der Waals surface area contributed by atoms with Crippen molar-refractivity contribution in [3.05, 3.63) is 0 Å². The lowest BCUT2D eigenvalue weighted by atomic mass is 9.93. The number of carbonyl (C=O) groups excluding carboxylic acids is 2. The second-order valence-corrected chi connectivity index (χ2v) is 12.2. The van der Waals surface area contributed by atoms with Gasteiger partial charge in [-0.05, 0) is 59.4 Å². The molecule has 0 aromatic rings. The molecule has 0 saturated carbocycles. The van der Waals surface area contributed by atoms with Crippen molar-refractivity contribution in [1.82, 2.24) is 20.9 Å². The molecular weight excluding hydrogens is 492 g/mol. The van der Waals surface area contributed by atoms with Gasteiger partial charge in [0.15, 0.2) is 23.5 Å². The summed E-state index contributed by atoms with van der Waals surface area (Å²) in [6.45, 7) is 17.8. The average molecular weight is 551 g/mol. The molecule has 2 unspecified atom stereocenters. The van der Waals surface area contributed by atoms with Gasteiger partial charge in [-0.2, -0.15) is 0 Å². The molecule has 0 bridgehead atoms. The summed E-state index contributed by atoms with van der Waals surface area (Å²) < 4.78 is 0. The van der Waals surface area contributed by atoms with Crippen LogP contribution in [0, 0.1) is 11.8 Å². The second kappa shape index (κ2) is 17.5. The third-order valence-corrected chi connectivity index (χ3v) is 7.47. The summed E-state index contributed by atoms with van der Waals surface area (Å²) in [5.74, 6) is 1.84. The fraction of sp³-hybridized carbons (Fsp3) is 0.862. The number of hydrogen-bond acceptors (Lipinski definition) is 10. The van der Waals surface area contributed by atoms with Crippen LogP contribution in [0.4, 0.5) is 0 Å². The van der Waals surface area contributed by atoms with Crippen LogP contribution in [-0.4, -0.2) is 84.8 Å². The Kier molecular flexibility index (Phi) is 15.6. The minimum absolute atomic E-state index is 0.00288. The van der Waals surface area contributed by atoms with Gasteiger partial charge < -0.3 is 27.4 Å². The molecule has 2 aliphatic heterocycles. The van der Waals surface area contributed by atoms with Gasteiger partial charge in [-0.15, -0.1) is 0 Å². The van der Waals surface area contributed by atoms with Crippen molar-refractivity contribution >= 4 is 23.5 Å². The van der Waals surface area contributed by atoms with Crippen molar-refractivity contribution in [3.63, 3.8) is 0 Å². The van der Waals surface area contributed by atoms with Crippen LogP contribution in [-0.2, 0) is 9.59 Å². The maximum atomic E-state index is 12.4. The highest BCUT2D eigenvalue weighted by Gasteiger charge is 2.28. The van der Waals surface area contributed by atoms with Crippen LogP contribution < -0.4 is 27.4 Å².